The summed E-state index contributed by atoms with van der Waals surface area (Å²) < 4.78 is 0. The number of aromatic amines is 1. The Labute approximate surface area is 113 Å². The zero-order valence-corrected chi connectivity index (χ0v) is 10.4. The number of nitrogens with two attached hydrogens (primary N) is 1. The average molecular weight is 281 g/mol. The molecule has 0 saturated carbocycles. The smallest absolute Gasteiger partial charge is 0.278 e. The average Bonchev–Trinajstić information content (AvgIpc) is 2.93. The van der Waals surface area contributed by atoms with E-state index in [1.165, 1.54) is 6.21 Å². The topological polar surface area (TPSA) is 157 Å². The van der Waals surface area contributed by atoms with Gasteiger partial charge in [0.05, 0.1) is 36.5 Å². The highest BCUT2D eigenvalue weighted by Gasteiger charge is 2.46. The summed E-state index contributed by atoms with van der Waals surface area (Å²) in [6.07, 6.45) is -0.710. The van der Waals surface area contributed by atoms with E-state index in [0.29, 0.717) is 5.69 Å². The number of nitrogen functional groups attached to an aromatic ring is 1. The number of rotatable bonds is 2. The number of hydrogen-bond acceptors (Lipinski definition) is 8. The number of aliphatic hydroxyl groups excluding tert-OH is 3. The maximum Gasteiger partial charge on any atom is 0.278 e. The van der Waals surface area contributed by atoms with Gasteiger partial charge in [-0.05, 0) is 0 Å². The van der Waals surface area contributed by atoms with Crippen molar-refractivity contribution in [3.05, 3.63) is 16.0 Å². The molecule has 9 nitrogen and oxygen atoms in total. The van der Waals surface area contributed by atoms with Gasteiger partial charge in [0, 0.05) is 12.3 Å². The number of aliphatic imine (C=N–C) groups is 1. The van der Waals surface area contributed by atoms with E-state index < -0.39 is 35.8 Å². The maximum absolute atomic E-state index is 11.7. The molecule has 1 fully saturated rings. The second kappa shape index (κ2) is 4.63. The molecular weight excluding hydrogens is 266 g/mol. The van der Waals surface area contributed by atoms with Gasteiger partial charge in [-0.15, -0.1) is 0 Å². The molecule has 7 N–H and O–H groups in total. The van der Waals surface area contributed by atoms with Crippen molar-refractivity contribution in [2.45, 2.75) is 30.2 Å². The minimum atomic E-state index is -1.10. The first-order valence-corrected chi connectivity index (χ1v) is 6.20. The summed E-state index contributed by atoms with van der Waals surface area (Å²) >= 11 is 0. The molecule has 0 bridgehead atoms. The lowest BCUT2D eigenvalue weighted by atomic mass is 9.94. The summed E-state index contributed by atoms with van der Waals surface area (Å²) in [5.74, 6) is -0.521. The number of aromatic nitrogens is 2. The van der Waals surface area contributed by atoms with E-state index in [0.717, 1.165) is 0 Å². The molecule has 0 aliphatic carbocycles. The Morgan fingerprint density at radius 1 is 1.35 bits per heavy atom. The van der Waals surface area contributed by atoms with Crippen molar-refractivity contribution < 1.29 is 15.3 Å². The molecule has 3 rings (SSSR count). The molecule has 108 valence electrons. The highest BCUT2D eigenvalue weighted by atomic mass is 16.3. The maximum atomic E-state index is 11.7. The van der Waals surface area contributed by atoms with Gasteiger partial charge in [-0.1, -0.05) is 0 Å². The summed E-state index contributed by atoms with van der Waals surface area (Å²) in [5.41, 5.74) is 5.58. The largest absolute Gasteiger partial charge is 0.395 e. The van der Waals surface area contributed by atoms with E-state index in [4.69, 9.17) is 10.8 Å². The summed E-state index contributed by atoms with van der Waals surface area (Å²) in [6, 6.07) is -1.23. The number of aliphatic hydroxyl groups is 3. The molecular formula is C11H15N5O4. The molecule has 1 aromatic heterocycles. The Morgan fingerprint density at radius 2 is 2.10 bits per heavy atom. The van der Waals surface area contributed by atoms with Crippen LogP contribution in [0, 0.1) is 0 Å². The van der Waals surface area contributed by atoms with Gasteiger partial charge >= 0.3 is 0 Å². The lowest BCUT2D eigenvalue weighted by Crippen LogP contribution is -2.40. The fourth-order valence-corrected chi connectivity index (χ4v) is 2.72. The van der Waals surface area contributed by atoms with Crippen LogP contribution in [0.15, 0.2) is 9.79 Å². The van der Waals surface area contributed by atoms with Gasteiger partial charge in [-0.2, -0.15) is 0 Å². The van der Waals surface area contributed by atoms with Crippen molar-refractivity contribution in [1.29, 1.82) is 0 Å². The first-order chi connectivity index (χ1) is 9.52. The summed E-state index contributed by atoms with van der Waals surface area (Å²) in [6.45, 7) is -0.309. The molecule has 1 aromatic rings. The van der Waals surface area contributed by atoms with E-state index >= 15 is 0 Å². The monoisotopic (exact) mass is 281 g/mol. The second-order valence-corrected chi connectivity index (χ2v) is 4.95. The fourth-order valence-electron chi connectivity index (χ4n) is 2.72. The Kier molecular flexibility index (Phi) is 3.05. The lowest BCUT2D eigenvalue weighted by Gasteiger charge is -2.20. The first-order valence-electron chi connectivity index (χ1n) is 6.20. The molecule has 1 unspecified atom stereocenters. The van der Waals surface area contributed by atoms with Gasteiger partial charge in [-0.3, -0.25) is 14.8 Å². The van der Waals surface area contributed by atoms with Crippen molar-refractivity contribution in [2.75, 3.05) is 12.3 Å². The van der Waals surface area contributed by atoms with Gasteiger partial charge in [0.25, 0.3) is 5.56 Å². The highest BCUT2D eigenvalue weighted by Crippen LogP contribution is 2.34. The number of fused-ring (bicyclic) bond motifs is 1. The van der Waals surface area contributed by atoms with Crippen LogP contribution >= 0.6 is 0 Å². The molecule has 0 spiro atoms. The predicted molar refractivity (Wildman–Crippen MR) is 70.0 cm³/mol. The zero-order valence-electron chi connectivity index (χ0n) is 10.4. The van der Waals surface area contributed by atoms with Crippen molar-refractivity contribution in [3.63, 3.8) is 0 Å². The number of nitrogens with zero attached hydrogens (tertiary/aromatic N) is 2. The standard InChI is InChI=1S/C11H15N5O4/c12-11-15-5-3(1-13-7(5)10(20)16-11)6-9(19)8(18)4(2-17)14-6/h1,3-4,6,8-9,14,17-19H,2H2,(H3,12,15,16,20)/t3?,4-,6+,8-,9-/m0/s1. The van der Waals surface area contributed by atoms with Crippen LogP contribution in [-0.2, 0) is 0 Å². The van der Waals surface area contributed by atoms with Gasteiger partial charge < -0.3 is 26.4 Å². The van der Waals surface area contributed by atoms with Gasteiger partial charge in [-0.25, -0.2) is 4.98 Å². The number of H-pyrrole nitrogens is 1. The number of anilines is 1. The minimum absolute atomic E-state index is 0.0315. The molecule has 2 aliphatic heterocycles. The van der Waals surface area contributed by atoms with Crippen LogP contribution in [0.4, 0.5) is 11.6 Å². The van der Waals surface area contributed by atoms with Gasteiger partial charge in [0.2, 0.25) is 5.95 Å². The Bertz CT molecular complexity index is 615. The molecule has 0 amide bonds. The molecule has 1 saturated heterocycles. The second-order valence-electron chi connectivity index (χ2n) is 4.95. The van der Waals surface area contributed by atoms with Crippen molar-refractivity contribution >= 4 is 17.9 Å². The summed E-state index contributed by atoms with van der Waals surface area (Å²) in [4.78, 5) is 22.1. The normalized spacial score (nSPS) is 35.5. The van der Waals surface area contributed by atoms with Gasteiger partial charge in [0.15, 0.2) is 5.69 Å². The molecule has 20 heavy (non-hydrogen) atoms. The number of hydrogen-bond donors (Lipinski definition) is 6. The van der Waals surface area contributed by atoms with E-state index in [2.05, 4.69) is 20.3 Å². The quantitative estimate of drug-likeness (QED) is 0.342. The fraction of sp³-hybridized carbons (Fsp3) is 0.545. The van der Waals surface area contributed by atoms with E-state index in [-0.39, 0.29) is 18.2 Å². The van der Waals surface area contributed by atoms with E-state index in [1.807, 2.05) is 0 Å². The van der Waals surface area contributed by atoms with Crippen LogP contribution in [-0.4, -0.2) is 62.4 Å². The van der Waals surface area contributed by atoms with Crippen molar-refractivity contribution in [1.82, 2.24) is 15.3 Å². The SMILES string of the molecule is Nc1nc2c(c(=O)[nH]1)N=CC2[C@H]1N[C@@H](CO)[C@H](O)[C@H]1O. The predicted octanol–water partition coefficient (Wildman–Crippen LogP) is -2.79. The molecule has 0 radical (unpaired) electrons. The van der Waals surface area contributed by atoms with Crippen LogP contribution in [0.25, 0.3) is 0 Å². The minimum Gasteiger partial charge on any atom is -0.395 e. The molecule has 3 heterocycles. The third-order valence-corrected chi connectivity index (χ3v) is 3.74. The Hall–Kier alpha value is -1.81. The van der Waals surface area contributed by atoms with Crippen LogP contribution in [0.2, 0.25) is 0 Å². The first kappa shape index (κ1) is 13.2. The van der Waals surface area contributed by atoms with Crippen LogP contribution < -0.4 is 16.6 Å². The third-order valence-electron chi connectivity index (χ3n) is 3.74. The molecule has 9 heteroatoms. The summed E-state index contributed by atoms with van der Waals surface area (Å²) in [5, 5.41) is 31.9. The number of nitrogens with one attached hydrogen (secondary N) is 2. The van der Waals surface area contributed by atoms with Crippen LogP contribution in [0.5, 0.6) is 0 Å². The van der Waals surface area contributed by atoms with E-state index in [1.54, 1.807) is 0 Å². The zero-order chi connectivity index (χ0) is 14.4. The lowest BCUT2D eigenvalue weighted by molar-refractivity contribution is 0.0189. The third kappa shape index (κ3) is 1.83. The van der Waals surface area contributed by atoms with E-state index in [9.17, 15) is 15.0 Å². The molecule has 5 atom stereocenters. The highest BCUT2D eigenvalue weighted by molar-refractivity contribution is 5.80. The van der Waals surface area contributed by atoms with Crippen molar-refractivity contribution in [2.24, 2.45) is 4.99 Å². The van der Waals surface area contributed by atoms with Gasteiger partial charge in [0.1, 0.15) is 0 Å². The van der Waals surface area contributed by atoms with Crippen LogP contribution in [0.3, 0.4) is 0 Å². The molecule has 2 aliphatic rings. The van der Waals surface area contributed by atoms with Crippen molar-refractivity contribution in [3.8, 4) is 0 Å². The summed E-state index contributed by atoms with van der Waals surface area (Å²) in [7, 11) is 0. The Balaban J connectivity index is 1.96. The van der Waals surface area contributed by atoms with Crippen LogP contribution in [0.1, 0.15) is 11.6 Å². The molecule has 0 aromatic carbocycles. The Morgan fingerprint density at radius 3 is 2.75 bits per heavy atom.